The van der Waals surface area contributed by atoms with Gasteiger partial charge in [0.25, 0.3) is 5.91 Å². The summed E-state index contributed by atoms with van der Waals surface area (Å²) in [6.45, 7) is 6.21. The third kappa shape index (κ3) is 5.79. The number of aryl methyl sites for hydroxylation is 2. The molecule has 1 amide bonds. The van der Waals surface area contributed by atoms with Gasteiger partial charge in [0.05, 0.1) is 6.21 Å². The summed E-state index contributed by atoms with van der Waals surface area (Å²) < 4.78 is 2.19. The van der Waals surface area contributed by atoms with Gasteiger partial charge in [-0.25, -0.2) is 5.43 Å². The Balaban J connectivity index is 1.36. The highest BCUT2D eigenvalue weighted by molar-refractivity contribution is 7.98. The van der Waals surface area contributed by atoms with Crippen molar-refractivity contribution < 1.29 is 4.79 Å². The molecule has 0 radical (unpaired) electrons. The van der Waals surface area contributed by atoms with E-state index < -0.39 is 0 Å². The summed E-state index contributed by atoms with van der Waals surface area (Å²) >= 11 is 7.66. The number of hydrogen-bond donors (Lipinski definition) is 1. The number of halogens is 1. The summed E-state index contributed by atoms with van der Waals surface area (Å²) in [5.74, 6) is 0.582. The summed E-state index contributed by atoms with van der Waals surface area (Å²) in [5.41, 5.74) is 9.83. The molecule has 0 saturated heterocycles. The van der Waals surface area contributed by atoms with Crippen molar-refractivity contribution in [2.24, 2.45) is 5.10 Å². The minimum Gasteiger partial charge on any atom is -0.318 e. The molecule has 4 aromatic rings. The van der Waals surface area contributed by atoms with E-state index in [0.717, 1.165) is 43.9 Å². The number of aromatic nitrogens is 1. The first-order chi connectivity index (χ1) is 16.4. The molecule has 0 fully saturated rings. The smallest absolute Gasteiger partial charge is 0.271 e. The highest BCUT2D eigenvalue weighted by atomic mass is 35.5. The predicted molar refractivity (Wildman–Crippen MR) is 142 cm³/mol. The van der Waals surface area contributed by atoms with Crippen LogP contribution in [0.2, 0.25) is 5.02 Å². The van der Waals surface area contributed by atoms with Crippen molar-refractivity contribution in [3.8, 4) is 5.69 Å². The maximum Gasteiger partial charge on any atom is 0.271 e. The van der Waals surface area contributed by atoms with Crippen LogP contribution in [0.3, 0.4) is 0 Å². The van der Waals surface area contributed by atoms with Gasteiger partial charge in [0.1, 0.15) is 0 Å². The normalized spacial score (nSPS) is 11.2. The van der Waals surface area contributed by atoms with E-state index in [-0.39, 0.29) is 5.91 Å². The zero-order chi connectivity index (χ0) is 24.1. The van der Waals surface area contributed by atoms with Crippen LogP contribution in [0.1, 0.15) is 38.4 Å². The SMILES string of the molecule is Cc1cccc(-n2c(C)cc(/C=N\NC(=O)c3ccc(CSc4ccc(Cl)cc4)cc3)c2C)c1. The first kappa shape index (κ1) is 23.9. The molecule has 1 N–H and O–H groups in total. The zero-order valence-electron chi connectivity index (χ0n) is 19.4. The molecule has 0 aliphatic heterocycles. The van der Waals surface area contributed by atoms with Crippen LogP contribution >= 0.6 is 23.4 Å². The fourth-order valence-electron chi connectivity index (χ4n) is 3.76. The van der Waals surface area contributed by atoms with Gasteiger partial charge in [-0.1, -0.05) is 35.9 Å². The lowest BCUT2D eigenvalue weighted by Gasteiger charge is -2.10. The van der Waals surface area contributed by atoms with E-state index in [4.69, 9.17) is 11.6 Å². The largest absolute Gasteiger partial charge is 0.318 e. The number of carbonyl (C=O) groups is 1. The Kier molecular flexibility index (Phi) is 7.56. The van der Waals surface area contributed by atoms with Crippen LogP contribution in [0.25, 0.3) is 5.69 Å². The highest BCUT2D eigenvalue weighted by Crippen LogP contribution is 2.24. The van der Waals surface area contributed by atoms with Crippen molar-refractivity contribution in [2.75, 3.05) is 0 Å². The third-order valence-electron chi connectivity index (χ3n) is 5.54. The number of amides is 1. The quantitative estimate of drug-likeness (QED) is 0.171. The Morgan fingerprint density at radius 3 is 2.44 bits per heavy atom. The molecule has 34 heavy (non-hydrogen) atoms. The zero-order valence-corrected chi connectivity index (χ0v) is 21.0. The topological polar surface area (TPSA) is 46.4 Å². The Morgan fingerprint density at radius 1 is 1.00 bits per heavy atom. The maximum absolute atomic E-state index is 12.5. The molecule has 0 spiro atoms. The molecule has 0 saturated carbocycles. The number of hydrazone groups is 1. The standard InChI is InChI=1S/C28H26ClN3OS/c1-19-5-4-6-26(15-19)32-20(2)16-24(21(32)3)17-30-31-28(33)23-9-7-22(8-10-23)18-34-27-13-11-25(29)12-14-27/h4-17H,18H2,1-3H3,(H,31,33)/b30-17-. The van der Waals surface area contributed by atoms with Crippen molar-refractivity contribution in [3.05, 3.63) is 118 Å². The van der Waals surface area contributed by atoms with E-state index in [9.17, 15) is 4.79 Å². The minimum absolute atomic E-state index is 0.236. The molecular weight excluding hydrogens is 462 g/mol. The van der Waals surface area contributed by atoms with Gasteiger partial charge in [-0.2, -0.15) is 5.10 Å². The summed E-state index contributed by atoms with van der Waals surface area (Å²) in [4.78, 5) is 13.7. The monoisotopic (exact) mass is 487 g/mol. The van der Waals surface area contributed by atoms with E-state index in [1.54, 1.807) is 18.0 Å². The second-order valence-corrected chi connectivity index (χ2v) is 9.62. The van der Waals surface area contributed by atoms with Crippen molar-refractivity contribution in [2.45, 2.75) is 31.4 Å². The van der Waals surface area contributed by atoms with Gasteiger partial charge in [0, 0.05) is 43.9 Å². The number of rotatable bonds is 7. The number of thioether (sulfide) groups is 1. The van der Waals surface area contributed by atoms with Crippen molar-refractivity contribution in [3.63, 3.8) is 0 Å². The molecule has 1 aromatic heterocycles. The summed E-state index contributed by atoms with van der Waals surface area (Å²) in [6, 6.07) is 25.8. The van der Waals surface area contributed by atoms with E-state index in [1.807, 2.05) is 48.5 Å². The summed E-state index contributed by atoms with van der Waals surface area (Å²) in [7, 11) is 0. The van der Waals surface area contributed by atoms with E-state index in [1.165, 1.54) is 5.56 Å². The molecule has 0 aliphatic carbocycles. The van der Waals surface area contributed by atoms with Crippen molar-refractivity contribution >= 4 is 35.5 Å². The lowest BCUT2D eigenvalue weighted by atomic mass is 10.1. The van der Waals surface area contributed by atoms with Gasteiger partial charge in [0.2, 0.25) is 0 Å². The van der Waals surface area contributed by atoms with Gasteiger partial charge in [-0.15, -0.1) is 11.8 Å². The maximum atomic E-state index is 12.5. The average molecular weight is 488 g/mol. The number of carbonyl (C=O) groups excluding carboxylic acids is 1. The molecule has 1 heterocycles. The minimum atomic E-state index is -0.236. The first-order valence-corrected chi connectivity index (χ1v) is 12.3. The van der Waals surface area contributed by atoms with Crippen LogP contribution in [0, 0.1) is 20.8 Å². The average Bonchev–Trinajstić information content (AvgIpc) is 3.11. The van der Waals surface area contributed by atoms with E-state index in [0.29, 0.717) is 5.56 Å². The Hall–Kier alpha value is -3.28. The van der Waals surface area contributed by atoms with Gasteiger partial charge >= 0.3 is 0 Å². The van der Waals surface area contributed by atoms with Gasteiger partial charge in [-0.3, -0.25) is 4.79 Å². The number of nitrogens with zero attached hydrogens (tertiary/aromatic N) is 2. The number of nitrogens with one attached hydrogen (secondary N) is 1. The van der Waals surface area contributed by atoms with Crippen LogP contribution in [0.4, 0.5) is 0 Å². The van der Waals surface area contributed by atoms with E-state index >= 15 is 0 Å². The molecule has 0 aliphatic rings. The molecule has 4 nitrogen and oxygen atoms in total. The van der Waals surface area contributed by atoms with Crippen molar-refractivity contribution in [1.29, 1.82) is 0 Å². The molecule has 0 bridgehead atoms. The van der Waals surface area contributed by atoms with Gasteiger partial charge in [0.15, 0.2) is 0 Å². The van der Waals surface area contributed by atoms with Crippen LogP contribution in [-0.4, -0.2) is 16.7 Å². The fraction of sp³-hybridized carbons (Fsp3) is 0.143. The molecule has 0 atom stereocenters. The summed E-state index contributed by atoms with van der Waals surface area (Å²) in [6.07, 6.45) is 1.70. The van der Waals surface area contributed by atoms with Crippen LogP contribution in [-0.2, 0) is 5.75 Å². The number of benzene rings is 3. The predicted octanol–water partition coefficient (Wildman–Crippen LogP) is 7.11. The highest BCUT2D eigenvalue weighted by Gasteiger charge is 2.10. The second-order valence-electron chi connectivity index (χ2n) is 8.14. The Labute approximate surface area is 209 Å². The van der Waals surface area contributed by atoms with Gasteiger partial charge in [-0.05, 0) is 86.5 Å². The lowest BCUT2D eigenvalue weighted by Crippen LogP contribution is -2.17. The van der Waals surface area contributed by atoms with Crippen LogP contribution in [0.5, 0.6) is 0 Å². The molecule has 6 heteroatoms. The molecule has 172 valence electrons. The summed E-state index contributed by atoms with van der Waals surface area (Å²) in [5, 5.41) is 4.93. The molecule has 3 aromatic carbocycles. The van der Waals surface area contributed by atoms with Crippen LogP contribution < -0.4 is 5.43 Å². The van der Waals surface area contributed by atoms with Gasteiger partial charge < -0.3 is 4.57 Å². The van der Waals surface area contributed by atoms with Crippen molar-refractivity contribution in [1.82, 2.24) is 9.99 Å². The first-order valence-electron chi connectivity index (χ1n) is 11.0. The fourth-order valence-corrected chi connectivity index (χ4v) is 4.74. The Morgan fingerprint density at radius 2 is 1.74 bits per heavy atom. The molecule has 0 unspecified atom stereocenters. The Bertz CT molecular complexity index is 1330. The third-order valence-corrected chi connectivity index (χ3v) is 6.87. The van der Waals surface area contributed by atoms with E-state index in [2.05, 4.69) is 66.2 Å². The molecule has 4 rings (SSSR count). The second kappa shape index (κ2) is 10.8. The van der Waals surface area contributed by atoms with Crippen LogP contribution in [0.15, 0.2) is 88.9 Å². The number of hydrogen-bond acceptors (Lipinski definition) is 3. The molecular formula is C28H26ClN3OS. The lowest BCUT2D eigenvalue weighted by molar-refractivity contribution is 0.0955.